The van der Waals surface area contributed by atoms with Gasteiger partial charge in [-0.1, -0.05) is 31.7 Å². The normalized spacial score (nSPS) is 11.9. The molecule has 1 unspecified atom stereocenters. The van der Waals surface area contributed by atoms with Crippen LogP contribution in [-0.2, 0) is 9.53 Å². The molecule has 80 valence electrons. The molecule has 14 heavy (non-hydrogen) atoms. The number of hydrogen-bond donors (Lipinski definition) is 2. The van der Waals surface area contributed by atoms with E-state index in [4.69, 9.17) is 21.4 Å². The number of halogens is 1. The Morgan fingerprint density at radius 3 is 2.57 bits per heavy atom. The third-order valence-electron chi connectivity index (χ3n) is 1.54. The predicted octanol–water partition coefficient (Wildman–Crippen LogP) is 1.68. The fourth-order valence-electron chi connectivity index (χ4n) is 0.689. The van der Waals surface area contributed by atoms with Crippen LogP contribution in [-0.4, -0.2) is 23.9 Å². The van der Waals surface area contributed by atoms with Gasteiger partial charge in [0.15, 0.2) is 6.10 Å². The summed E-state index contributed by atoms with van der Waals surface area (Å²) in [6.07, 6.45) is -0.399. The number of carboxylic acids is 1. The summed E-state index contributed by atoms with van der Waals surface area (Å²) in [7, 11) is 0. The minimum absolute atomic E-state index is 0.0510. The van der Waals surface area contributed by atoms with E-state index in [-0.39, 0.29) is 11.8 Å². The Kier molecular flexibility index (Phi) is 5.99. The minimum atomic E-state index is -0.982. The van der Waals surface area contributed by atoms with Crippen LogP contribution in [0, 0.1) is 0 Å². The fourth-order valence-corrected chi connectivity index (χ4v) is 0.756. The van der Waals surface area contributed by atoms with Crippen LogP contribution in [0.4, 0.5) is 0 Å². The molecular formula is C9H14ClNO3. The van der Waals surface area contributed by atoms with Crippen LogP contribution in [0.1, 0.15) is 13.3 Å². The number of carbonyl (C=O) groups is 1. The van der Waals surface area contributed by atoms with Gasteiger partial charge in [0, 0.05) is 5.70 Å². The van der Waals surface area contributed by atoms with Gasteiger partial charge in [0.05, 0.1) is 5.03 Å². The van der Waals surface area contributed by atoms with Gasteiger partial charge < -0.3 is 15.2 Å². The average Bonchev–Trinajstić information content (AvgIpc) is 2.11. The molecule has 4 nitrogen and oxygen atoms in total. The molecule has 0 radical (unpaired) electrons. The Balaban J connectivity index is 3.77. The van der Waals surface area contributed by atoms with E-state index in [1.165, 1.54) is 0 Å². The van der Waals surface area contributed by atoms with E-state index < -0.39 is 12.1 Å². The molecule has 0 aliphatic carbocycles. The number of ether oxygens (including phenoxy) is 1. The number of carboxylic acid groups (broad SMARTS) is 1. The Morgan fingerprint density at radius 1 is 1.64 bits per heavy atom. The molecule has 0 aromatic heterocycles. The van der Waals surface area contributed by atoms with Crippen LogP contribution in [0.15, 0.2) is 23.9 Å². The number of aliphatic carboxylic acids is 1. The molecule has 0 aromatic carbocycles. The summed E-state index contributed by atoms with van der Waals surface area (Å²) in [5.41, 5.74) is 0.423. The van der Waals surface area contributed by atoms with Gasteiger partial charge in [-0.15, -0.1) is 0 Å². The SMILES string of the molecule is C=C(Cl)C(=C)NCOC(CC)C(=O)O. The van der Waals surface area contributed by atoms with Crippen LogP contribution in [0.25, 0.3) is 0 Å². The van der Waals surface area contributed by atoms with Gasteiger partial charge >= 0.3 is 5.97 Å². The van der Waals surface area contributed by atoms with Crippen LogP contribution in [0.3, 0.4) is 0 Å². The lowest BCUT2D eigenvalue weighted by Crippen LogP contribution is -2.28. The van der Waals surface area contributed by atoms with Crippen molar-refractivity contribution in [2.45, 2.75) is 19.4 Å². The lowest BCUT2D eigenvalue weighted by Gasteiger charge is -2.13. The van der Waals surface area contributed by atoms with E-state index in [0.29, 0.717) is 12.1 Å². The molecular weight excluding hydrogens is 206 g/mol. The molecule has 0 aromatic rings. The molecule has 5 heteroatoms. The van der Waals surface area contributed by atoms with Crippen molar-refractivity contribution in [1.82, 2.24) is 5.32 Å². The Labute approximate surface area is 88.2 Å². The minimum Gasteiger partial charge on any atom is -0.479 e. The van der Waals surface area contributed by atoms with E-state index in [1.54, 1.807) is 6.92 Å². The lowest BCUT2D eigenvalue weighted by molar-refractivity contribution is -0.150. The Hall–Kier alpha value is -1.00. The zero-order valence-electron chi connectivity index (χ0n) is 8.05. The standard InChI is InChI=1S/C9H14ClNO3/c1-4-8(9(12)13)14-5-11-7(3)6(2)10/h8,11H,2-5H2,1H3,(H,12,13). The summed E-state index contributed by atoms with van der Waals surface area (Å²) in [5.74, 6) is -0.982. The summed E-state index contributed by atoms with van der Waals surface area (Å²) in [5, 5.41) is 11.6. The van der Waals surface area contributed by atoms with Crippen LogP contribution in [0.5, 0.6) is 0 Å². The van der Waals surface area contributed by atoms with Crippen LogP contribution in [0.2, 0.25) is 0 Å². The van der Waals surface area contributed by atoms with Gasteiger partial charge in [-0.05, 0) is 6.42 Å². The van der Waals surface area contributed by atoms with Crippen molar-refractivity contribution in [3.05, 3.63) is 23.9 Å². The van der Waals surface area contributed by atoms with Gasteiger partial charge in [0.25, 0.3) is 0 Å². The molecule has 0 bridgehead atoms. The third kappa shape index (κ3) is 4.89. The monoisotopic (exact) mass is 219 g/mol. The van der Waals surface area contributed by atoms with E-state index in [1.807, 2.05) is 0 Å². The van der Waals surface area contributed by atoms with E-state index in [0.717, 1.165) is 0 Å². The highest BCUT2D eigenvalue weighted by molar-refractivity contribution is 6.31. The summed E-state index contributed by atoms with van der Waals surface area (Å²) in [6, 6.07) is 0. The van der Waals surface area contributed by atoms with Gasteiger partial charge in [0.2, 0.25) is 0 Å². The first kappa shape index (κ1) is 13.0. The molecule has 0 aliphatic rings. The van der Waals surface area contributed by atoms with Crippen molar-refractivity contribution in [2.24, 2.45) is 0 Å². The summed E-state index contributed by atoms with van der Waals surface area (Å²) in [6.45, 7) is 8.77. The van der Waals surface area contributed by atoms with Gasteiger partial charge in [-0.3, -0.25) is 0 Å². The highest BCUT2D eigenvalue weighted by Gasteiger charge is 2.14. The number of rotatable bonds is 7. The lowest BCUT2D eigenvalue weighted by atomic mass is 10.3. The quantitative estimate of drug-likeness (QED) is 0.505. The molecule has 0 saturated carbocycles. The second-order valence-corrected chi connectivity index (χ2v) is 3.06. The smallest absolute Gasteiger partial charge is 0.332 e. The predicted molar refractivity (Wildman–Crippen MR) is 54.9 cm³/mol. The maximum atomic E-state index is 10.5. The second-order valence-electron chi connectivity index (χ2n) is 2.61. The molecule has 0 spiro atoms. The second kappa shape index (κ2) is 6.45. The Morgan fingerprint density at radius 2 is 2.21 bits per heavy atom. The average molecular weight is 220 g/mol. The highest BCUT2D eigenvalue weighted by Crippen LogP contribution is 2.05. The molecule has 0 heterocycles. The number of nitrogens with one attached hydrogen (secondary N) is 1. The summed E-state index contributed by atoms with van der Waals surface area (Å²) < 4.78 is 5.00. The van der Waals surface area contributed by atoms with E-state index >= 15 is 0 Å². The van der Waals surface area contributed by atoms with Gasteiger partial charge in [-0.25, -0.2) is 4.79 Å². The molecule has 0 amide bonds. The Bertz CT molecular complexity index is 240. The topological polar surface area (TPSA) is 58.6 Å². The van der Waals surface area contributed by atoms with Gasteiger partial charge in [-0.2, -0.15) is 0 Å². The molecule has 0 fully saturated rings. The first-order chi connectivity index (χ1) is 6.49. The first-order valence-electron chi connectivity index (χ1n) is 4.11. The van der Waals surface area contributed by atoms with Crippen molar-refractivity contribution in [3.63, 3.8) is 0 Å². The maximum absolute atomic E-state index is 10.5. The van der Waals surface area contributed by atoms with Crippen molar-refractivity contribution in [3.8, 4) is 0 Å². The summed E-state index contributed by atoms with van der Waals surface area (Å²) >= 11 is 5.51. The molecule has 1 atom stereocenters. The van der Waals surface area contributed by atoms with Crippen molar-refractivity contribution in [2.75, 3.05) is 6.73 Å². The first-order valence-corrected chi connectivity index (χ1v) is 4.48. The molecule has 0 aliphatic heterocycles. The maximum Gasteiger partial charge on any atom is 0.332 e. The van der Waals surface area contributed by atoms with Gasteiger partial charge in [0.1, 0.15) is 6.73 Å². The van der Waals surface area contributed by atoms with Crippen molar-refractivity contribution in [1.29, 1.82) is 0 Å². The fraction of sp³-hybridized carbons (Fsp3) is 0.444. The third-order valence-corrected chi connectivity index (χ3v) is 1.77. The molecule has 0 saturated heterocycles. The van der Waals surface area contributed by atoms with E-state index in [2.05, 4.69) is 18.5 Å². The van der Waals surface area contributed by atoms with Crippen LogP contribution >= 0.6 is 11.6 Å². The number of hydrogen-bond acceptors (Lipinski definition) is 3. The highest BCUT2D eigenvalue weighted by atomic mass is 35.5. The van der Waals surface area contributed by atoms with Crippen molar-refractivity contribution >= 4 is 17.6 Å². The van der Waals surface area contributed by atoms with E-state index in [9.17, 15) is 4.79 Å². The zero-order chi connectivity index (χ0) is 11.1. The summed E-state index contributed by atoms with van der Waals surface area (Å²) in [4.78, 5) is 10.5. The van der Waals surface area contributed by atoms with Crippen molar-refractivity contribution < 1.29 is 14.6 Å². The molecule has 2 N–H and O–H groups in total. The molecule has 0 rings (SSSR count). The number of allylic oxidation sites excluding steroid dienone is 1. The largest absolute Gasteiger partial charge is 0.479 e. The van der Waals surface area contributed by atoms with Crippen LogP contribution < -0.4 is 5.32 Å². The zero-order valence-corrected chi connectivity index (χ0v) is 8.80.